The highest BCUT2D eigenvalue weighted by molar-refractivity contribution is 5.90. The Kier molecular flexibility index (Phi) is 6.55. The number of hydrogen-bond acceptors (Lipinski definition) is 2. The van der Waals surface area contributed by atoms with E-state index in [1.165, 1.54) is 0 Å². The van der Waals surface area contributed by atoms with Gasteiger partial charge in [0.15, 0.2) is 0 Å². The van der Waals surface area contributed by atoms with Crippen LogP contribution in [0.4, 0.5) is 0 Å². The minimum Gasteiger partial charge on any atom is -0.352 e. The predicted octanol–water partition coefficient (Wildman–Crippen LogP) is 2.85. The fourth-order valence-electron chi connectivity index (χ4n) is 2.48. The van der Waals surface area contributed by atoms with Gasteiger partial charge in [0, 0.05) is 6.04 Å². The van der Waals surface area contributed by atoms with Gasteiger partial charge in [0.2, 0.25) is 11.8 Å². The Bertz CT molecular complexity index is 616. The summed E-state index contributed by atoms with van der Waals surface area (Å²) < 4.78 is 0. The van der Waals surface area contributed by atoms with Crippen LogP contribution < -0.4 is 10.6 Å². The minimum absolute atomic E-state index is 0.0145. The molecule has 4 nitrogen and oxygen atoms in total. The Labute approximate surface area is 143 Å². The van der Waals surface area contributed by atoms with Crippen molar-refractivity contribution in [3.05, 3.63) is 71.8 Å². The SMILES string of the molecule is CC[C@@H](C)NC(=O)CNC(=O)C(c1ccccc1)c1ccccc1. The molecule has 0 aliphatic rings. The normalized spacial score (nSPS) is 11.8. The maximum atomic E-state index is 12.7. The van der Waals surface area contributed by atoms with Gasteiger partial charge in [-0.1, -0.05) is 67.6 Å². The molecule has 0 heterocycles. The van der Waals surface area contributed by atoms with Crippen molar-refractivity contribution in [1.29, 1.82) is 0 Å². The molecule has 0 radical (unpaired) electrons. The topological polar surface area (TPSA) is 58.2 Å². The third-order valence-corrected chi connectivity index (χ3v) is 3.97. The molecular weight excluding hydrogens is 300 g/mol. The van der Waals surface area contributed by atoms with E-state index in [2.05, 4.69) is 10.6 Å². The summed E-state index contributed by atoms with van der Waals surface area (Å²) in [4.78, 5) is 24.6. The fourth-order valence-corrected chi connectivity index (χ4v) is 2.48. The lowest BCUT2D eigenvalue weighted by Gasteiger charge is -2.18. The number of nitrogens with one attached hydrogen (secondary N) is 2. The maximum absolute atomic E-state index is 12.7. The van der Waals surface area contributed by atoms with Crippen LogP contribution in [0.3, 0.4) is 0 Å². The van der Waals surface area contributed by atoms with E-state index in [0.29, 0.717) is 0 Å². The Hall–Kier alpha value is -2.62. The summed E-state index contributed by atoms with van der Waals surface area (Å²) in [6.07, 6.45) is 0.857. The molecule has 0 fully saturated rings. The van der Waals surface area contributed by atoms with Crippen molar-refractivity contribution >= 4 is 11.8 Å². The summed E-state index contributed by atoms with van der Waals surface area (Å²) >= 11 is 0. The first-order valence-corrected chi connectivity index (χ1v) is 8.28. The molecule has 2 aromatic rings. The molecular formula is C20H24N2O2. The highest BCUT2D eigenvalue weighted by Gasteiger charge is 2.22. The Balaban J connectivity index is 2.10. The van der Waals surface area contributed by atoms with Crippen LogP contribution in [0.15, 0.2) is 60.7 Å². The fraction of sp³-hybridized carbons (Fsp3) is 0.300. The van der Waals surface area contributed by atoms with Gasteiger partial charge in [-0.15, -0.1) is 0 Å². The summed E-state index contributed by atoms with van der Waals surface area (Å²) in [6.45, 7) is 3.93. The van der Waals surface area contributed by atoms with E-state index in [9.17, 15) is 9.59 Å². The van der Waals surface area contributed by atoms with Crippen molar-refractivity contribution in [3.8, 4) is 0 Å². The van der Waals surface area contributed by atoms with E-state index in [1.54, 1.807) is 0 Å². The highest BCUT2D eigenvalue weighted by Crippen LogP contribution is 2.24. The van der Waals surface area contributed by atoms with Gasteiger partial charge in [0.05, 0.1) is 12.5 Å². The number of benzene rings is 2. The smallest absolute Gasteiger partial charge is 0.239 e. The van der Waals surface area contributed by atoms with Gasteiger partial charge in [-0.05, 0) is 24.5 Å². The molecule has 0 aliphatic heterocycles. The second-order valence-corrected chi connectivity index (χ2v) is 5.85. The van der Waals surface area contributed by atoms with Crippen molar-refractivity contribution in [1.82, 2.24) is 10.6 Å². The zero-order valence-electron chi connectivity index (χ0n) is 14.2. The second-order valence-electron chi connectivity index (χ2n) is 5.85. The van der Waals surface area contributed by atoms with Crippen molar-refractivity contribution in [2.75, 3.05) is 6.54 Å². The standard InChI is InChI=1S/C20H24N2O2/c1-3-15(2)22-18(23)14-21-20(24)19(16-10-6-4-7-11-16)17-12-8-5-9-13-17/h4-13,15,19H,3,14H2,1-2H3,(H,21,24)(H,22,23)/t15-/m1/s1. The first kappa shape index (κ1) is 17.7. The van der Waals surface area contributed by atoms with Crippen LogP contribution in [0, 0.1) is 0 Å². The quantitative estimate of drug-likeness (QED) is 0.823. The Morgan fingerprint density at radius 1 is 0.917 bits per heavy atom. The van der Waals surface area contributed by atoms with Gasteiger partial charge in [-0.25, -0.2) is 0 Å². The third kappa shape index (κ3) is 4.95. The summed E-state index contributed by atoms with van der Waals surface area (Å²) in [5.74, 6) is -0.770. The Morgan fingerprint density at radius 3 is 1.88 bits per heavy atom. The number of carbonyl (C=O) groups is 2. The van der Waals surface area contributed by atoms with Crippen molar-refractivity contribution in [2.45, 2.75) is 32.2 Å². The van der Waals surface area contributed by atoms with Crippen LogP contribution in [0.1, 0.15) is 37.3 Å². The minimum atomic E-state index is -0.427. The molecule has 2 aromatic carbocycles. The molecule has 2 amide bonds. The number of rotatable bonds is 7. The summed E-state index contributed by atoms with van der Waals surface area (Å²) in [7, 11) is 0. The van der Waals surface area contributed by atoms with Gasteiger partial charge in [0.1, 0.15) is 0 Å². The van der Waals surface area contributed by atoms with Crippen LogP contribution in [0.2, 0.25) is 0 Å². The first-order valence-electron chi connectivity index (χ1n) is 8.28. The molecule has 0 unspecified atom stereocenters. The molecule has 0 bridgehead atoms. The monoisotopic (exact) mass is 324 g/mol. The molecule has 4 heteroatoms. The lowest BCUT2D eigenvalue weighted by atomic mass is 9.90. The average molecular weight is 324 g/mol. The molecule has 0 aromatic heterocycles. The van der Waals surface area contributed by atoms with E-state index in [-0.39, 0.29) is 24.4 Å². The second kappa shape index (κ2) is 8.87. The molecule has 0 aliphatic carbocycles. The zero-order chi connectivity index (χ0) is 17.4. The van der Waals surface area contributed by atoms with Gasteiger partial charge >= 0.3 is 0 Å². The molecule has 0 saturated carbocycles. The van der Waals surface area contributed by atoms with Crippen molar-refractivity contribution in [2.24, 2.45) is 0 Å². The maximum Gasteiger partial charge on any atom is 0.239 e. The van der Waals surface area contributed by atoms with Crippen molar-refractivity contribution in [3.63, 3.8) is 0 Å². The Morgan fingerprint density at radius 2 is 1.42 bits per heavy atom. The molecule has 0 saturated heterocycles. The van der Waals surface area contributed by atoms with Crippen LogP contribution in [-0.2, 0) is 9.59 Å². The predicted molar refractivity (Wildman–Crippen MR) is 95.6 cm³/mol. The van der Waals surface area contributed by atoms with Crippen LogP contribution in [0.5, 0.6) is 0 Å². The number of hydrogen-bond donors (Lipinski definition) is 2. The summed E-state index contributed by atoms with van der Waals surface area (Å²) in [5.41, 5.74) is 1.81. The molecule has 2 N–H and O–H groups in total. The van der Waals surface area contributed by atoms with E-state index in [0.717, 1.165) is 17.5 Å². The largest absolute Gasteiger partial charge is 0.352 e. The highest BCUT2D eigenvalue weighted by atomic mass is 16.2. The summed E-state index contributed by atoms with van der Waals surface area (Å²) in [5, 5.41) is 5.61. The van der Waals surface area contributed by atoms with Gasteiger partial charge in [-0.2, -0.15) is 0 Å². The molecule has 126 valence electrons. The van der Waals surface area contributed by atoms with E-state index >= 15 is 0 Å². The van der Waals surface area contributed by atoms with Crippen LogP contribution in [-0.4, -0.2) is 24.4 Å². The molecule has 2 rings (SSSR count). The number of amides is 2. The van der Waals surface area contributed by atoms with E-state index in [1.807, 2.05) is 74.5 Å². The number of carbonyl (C=O) groups excluding carboxylic acids is 2. The third-order valence-electron chi connectivity index (χ3n) is 3.97. The summed E-state index contributed by atoms with van der Waals surface area (Å²) in [6, 6.07) is 19.3. The molecule has 0 spiro atoms. The van der Waals surface area contributed by atoms with E-state index < -0.39 is 5.92 Å². The van der Waals surface area contributed by atoms with Gasteiger partial charge < -0.3 is 10.6 Å². The lowest BCUT2D eigenvalue weighted by Crippen LogP contribution is -2.42. The van der Waals surface area contributed by atoms with Gasteiger partial charge in [-0.3, -0.25) is 9.59 Å². The lowest BCUT2D eigenvalue weighted by molar-refractivity contribution is -0.126. The van der Waals surface area contributed by atoms with Gasteiger partial charge in [0.25, 0.3) is 0 Å². The first-order chi connectivity index (χ1) is 11.6. The van der Waals surface area contributed by atoms with Crippen LogP contribution >= 0.6 is 0 Å². The zero-order valence-corrected chi connectivity index (χ0v) is 14.2. The van der Waals surface area contributed by atoms with Crippen molar-refractivity contribution < 1.29 is 9.59 Å². The molecule has 24 heavy (non-hydrogen) atoms. The van der Waals surface area contributed by atoms with E-state index in [4.69, 9.17) is 0 Å². The average Bonchev–Trinajstić information content (AvgIpc) is 2.62. The van der Waals surface area contributed by atoms with Crippen LogP contribution in [0.25, 0.3) is 0 Å². The molecule has 1 atom stereocenters.